The van der Waals surface area contributed by atoms with Crippen molar-refractivity contribution in [2.45, 2.75) is 38.6 Å². The lowest BCUT2D eigenvalue weighted by Crippen LogP contribution is -2.42. The van der Waals surface area contributed by atoms with Gasteiger partial charge >= 0.3 is 0 Å². The highest BCUT2D eigenvalue weighted by Crippen LogP contribution is 2.31. The molecule has 0 spiro atoms. The summed E-state index contributed by atoms with van der Waals surface area (Å²) in [5.74, 6) is 1.98. The van der Waals surface area contributed by atoms with Gasteiger partial charge in [0.15, 0.2) is 6.61 Å². The number of hydrogen-bond acceptors (Lipinski definition) is 3. The van der Waals surface area contributed by atoms with Crippen LogP contribution in [0.15, 0.2) is 48.5 Å². The van der Waals surface area contributed by atoms with E-state index in [0.717, 1.165) is 36.2 Å². The molecular formula is C23H26ClN3O2. The Kier molecular flexibility index (Phi) is 5.76. The molecule has 1 unspecified atom stereocenters. The van der Waals surface area contributed by atoms with Crippen molar-refractivity contribution in [2.75, 3.05) is 19.7 Å². The number of hydrogen-bond donors (Lipinski definition) is 0. The Bertz CT molecular complexity index is 997. The van der Waals surface area contributed by atoms with Crippen molar-refractivity contribution in [3.8, 4) is 5.75 Å². The minimum absolute atomic E-state index is 0.0110. The maximum atomic E-state index is 12.8. The molecule has 1 amide bonds. The molecule has 0 radical (unpaired) electrons. The average molecular weight is 412 g/mol. The molecule has 2 heterocycles. The maximum Gasteiger partial charge on any atom is 0.260 e. The molecular weight excluding hydrogens is 386 g/mol. The van der Waals surface area contributed by atoms with Gasteiger partial charge < -0.3 is 14.2 Å². The Balaban J connectivity index is 1.48. The van der Waals surface area contributed by atoms with E-state index in [2.05, 4.69) is 36.6 Å². The van der Waals surface area contributed by atoms with Crippen LogP contribution in [0.25, 0.3) is 11.0 Å². The molecule has 0 bridgehead atoms. The van der Waals surface area contributed by atoms with Gasteiger partial charge in [-0.3, -0.25) is 4.79 Å². The minimum Gasteiger partial charge on any atom is -0.484 e. The van der Waals surface area contributed by atoms with E-state index in [4.69, 9.17) is 21.3 Å². The number of ether oxygens (including phenoxy) is 1. The first kappa shape index (κ1) is 19.8. The number of halogens is 1. The van der Waals surface area contributed by atoms with Crippen molar-refractivity contribution in [2.24, 2.45) is 0 Å². The van der Waals surface area contributed by atoms with Crippen LogP contribution >= 0.6 is 11.6 Å². The summed E-state index contributed by atoms with van der Waals surface area (Å²) in [6.07, 6.45) is 2.01. The van der Waals surface area contributed by atoms with E-state index in [-0.39, 0.29) is 18.4 Å². The van der Waals surface area contributed by atoms with Crippen LogP contribution in [0.4, 0.5) is 0 Å². The third-order valence-corrected chi connectivity index (χ3v) is 5.71. The average Bonchev–Trinajstić information content (AvgIpc) is 3.13. The molecule has 1 fully saturated rings. The summed E-state index contributed by atoms with van der Waals surface area (Å²) in [5, 5.41) is 0.649. The Morgan fingerprint density at radius 1 is 1.21 bits per heavy atom. The molecule has 1 aliphatic heterocycles. The lowest BCUT2D eigenvalue weighted by molar-refractivity contribution is -0.134. The molecule has 152 valence electrons. The first-order chi connectivity index (χ1) is 14.0. The molecule has 0 aliphatic carbocycles. The first-order valence-corrected chi connectivity index (χ1v) is 10.5. The normalized spacial score (nSPS) is 17.1. The number of piperidine rings is 1. The highest BCUT2D eigenvalue weighted by Gasteiger charge is 2.29. The van der Waals surface area contributed by atoms with Gasteiger partial charge in [0.2, 0.25) is 0 Å². The van der Waals surface area contributed by atoms with Crippen LogP contribution in [0, 0.1) is 0 Å². The second kappa shape index (κ2) is 8.46. The number of fused-ring (bicyclic) bond motifs is 1. The number of amides is 1. The summed E-state index contributed by atoms with van der Waals surface area (Å²) in [6.45, 7) is 5.85. The molecule has 6 heteroatoms. The van der Waals surface area contributed by atoms with Crippen LogP contribution in [0.3, 0.4) is 0 Å². The number of para-hydroxylation sites is 2. The number of carbonyl (C=O) groups excluding carboxylic acids is 1. The van der Waals surface area contributed by atoms with Gasteiger partial charge in [0.25, 0.3) is 5.91 Å². The van der Waals surface area contributed by atoms with Crippen LogP contribution in [-0.4, -0.2) is 40.1 Å². The Morgan fingerprint density at radius 3 is 2.72 bits per heavy atom. The summed E-state index contributed by atoms with van der Waals surface area (Å²) < 4.78 is 7.97. The number of carbonyl (C=O) groups is 1. The van der Waals surface area contributed by atoms with Crippen LogP contribution < -0.4 is 4.74 Å². The molecule has 2 aromatic carbocycles. The molecule has 1 atom stereocenters. The summed E-state index contributed by atoms with van der Waals surface area (Å²) in [6, 6.07) is 15.6. The van der Waals surface area contributed by atoms with Crippen LogP contribution in [-0.2, 0) is 4.79 Å². The number of benzene rings is 2. The molecule has 0 saturated carbocycles. The van der Waals surface area contributed by atoms with Crippen molar-refractivity contribution >= 4 is 28.5 Å². The van der Waals surface area contributed by atoms with Gasteiger partial charge in [0.05, 0.1) is 11.0 Å². The predicted octanol–water partition coefficient (Wildman–Crippen LogP) is 5.06. The van der Waals surface area contributed by atoms with Crippen LogP contribution in [0.5, 0.6) is 5.75 Å². The van der Waals surface area contributed by atoms with Gasteiger partial charge in [-0.15, -0.1) is 0 Å². The van der Waals surface area contributed by atoms with Gasteiger partial charge in [0.1, 0.15) is 11.6 Å². The van der Waals surface area contributed by atoms with E-state index in [1.807, 2.05) is 11.0 Å². The van der Waals surface area contributed by atoms with Crippen molar-refractivity contribution in [3.63, 3.8) is 0 Å². The minimum atomic E-state index is 0.0110. The monoisotopic (exact) mass is 411 g/mol. The van der Waals surface area contributed by atoms with Crippen molar-refractivity contribution < 1.29 is 9.53 Å². The Hall–Kier alpha value is -2.53. The van der Waals surface area contributed by atoms with E-state index < -0.39 is 0 Å². The summed E-state index contributed by atoms with van der Waals surface area (Å²) in [4.78, 5) is 19.6. The fourth-order valence-corrected chi connectivity index (χ4v) is 4.20. The van der Waals surface area contributed by atoms with E-state index in [1.165, 1.54) is 0 Å². The fraction of sp³-hybridized carbons (Fsp3) is 0.391. The third kappa shape index (κ3) is 4.25. The smallest absolute Gasteiger partial charge is 0.260 e. The Labute approximate surface area is 176 Å². The zero-order valence-corrected chi connectivity index (χ0v) is 17.6. The molecule has 1 aromatic heterocycles. The summed E-state index contributed by atoms with van der Waals surface area (Å²) in [5.41, 5.74) is 2.18. The number of rotatable bonds is 5. The second-order valence-electron chi connectivity index (χ2n) is 7.84. The molecule has 29 heavy (non-hydrogen) atoms. The van der Waals surface area contributed by atoms with E-state index in [9.17, 15) is 4.79 Å². The SMILES string of the molecule is CC(C)n1c(C2CCCN(C(=O)COc3ccc(Cl)cc3)C2)nc2ccccc21. The van der Waals surface area contributed by atoms with Gasteiger partial charge in [-0.1, -0.05) is 23.7 Å². The molecule has 5 nitrogen and oxygen atoms in total. The molecule has 0 N–H and O–H groups in total. The molecule has 3 aromatic rings. The van der Waals surface area contributed by atoms with Crippen LogP contribution in [0.1, 0.15) is 44.5 Å². The zero-order valence-electron chi connectivity index (χ0n) is 16.8. The Morgan fingerprint density at radius 2 is 1.97 bits per heavy atom. The van der Waals surface area contributed by atoms with Crippen molar-refractivity contribution in [1.29, 1.82) is 0 Å². The number of imidazole rings is 1. The van der Waals surface area contributed by atoms with Crippen LogP contribution in [0.2, 0.25) is 5.02 Å². The van der Waals surface area contributed by atoms with Gasteiger partial charge in [0, 0.05) is 30.1 Å². The lowest BCUT2D eigenvalue weighted by Gasteiger charge is -2.33. The number of likely N-dealkylation sites (tertiary alicyclic amines) is 1. The molecule has 4 rings (SSSR count). The van der Waals surface area contributed by atoms with Crippen molar-refractivity contribution in [1.82, 2.24) is 14.5 Å². The highest BCUT2D eigenvalue weighted by atomic mass is 35.5. The molecule has 1 saturated heterocycles. The van der Waals surface area contributed by atoms with E-state index in [0.29, 0.717) is 23.4 Å². The van der Waals surface area contributed by atoms with Crippen molar-refractivity contribution in [3.05, 3.63) is 59.4 Å². The number of nitrogens with zero attached hydrogens (tertiary/aromatic N) is 3. The van der Waals surface area contributed by atoms with E-state index >= 15 is 0 Å². The molecule has 1 aliphatic rings. The highest BCUT2D eigenvalue weighted by molar-refractivity contribution is 6.30. The summed E-state index contributed by atoms with van der Waals surface area (Å²) in [7, 11) is 0. The van der Waals surface area contributed by atoms with E-state index in [1.54, 1.807) is 24.3 Å². The predicted molar refractivity (Wildman–Crippen MR) is 116 cm³/mol. The topological polar surface area (TPSA) is 47.4 Å². The maximum absolute atomic E-state index is 12.8. The van der Waals surface area contributed by atoms with Gasteiger partial charge in [-0.05, 0) is 63.1 Å². The standard InChI is InChI=1S/C23H26ClN3O2/c1-16(2)27-21-8-4-3-7-20(21)25-23(27)17-6-5-13-26(14-17)22(28)15-29-19-11-9-18(24)10-12-19/h3-4,7-12,16-17H,5-6,13-15H2,1-2H3. The zero-order chi connectivity index (χ0) is 20.4. The quantitative estimate of drug-likeness (QED) is 0.589. The summed E-state index contributed by atoms with van der Waals surface area (Å²) >= 11 is 5.90. The lowest BCUT2D eigenvalue weighted by atomic mass is 9.96. The number of aromatic nitrogens is 2. The fourth-order valence-electron chi connectivity index (χ4n) is 4.08. The first-order valence-electron chi connectivity index (χ1n) is 10.2. The second-order valence-corrected chi connectivity index (χ2v) is 8.28. The van der Waals surface area contributed by atoms with Gasteiger partial charge in [-0.25, -0.2) is 4.98 Å². The third-order valence-electron chi connectivity index (χ3n) is 5.45. The van der Waals surface area contributed by atoms with Gasteiger partial charge in [-0.2, -0.15) is 0 Å². The largest absolute Gasteiger partial charge is 0.484 e.